The number of carbonyl (C=O) groups is 2. The minimum Gasteiger partial charge on any atom is -0.361 e. The predicted octanol–water partition coefficient (Wildman–Crippen LogP) is 4.98. The third kappa shape index (κ3) is 5.07. The number of nitrogens with zero attached hydrogens (tertiary/aromatic N) is 1. The van der Waals surface area contributed by atoms with Crippen LogP contribution in [-0.4, -0.2) is 29.2 Å². The fourth-order valence-corrected chi connectivity index (χ4v) is 4.02. The number of hydrogen-bond acceptors (Lipinski definition) is 2. The molecule has 5 nitrogen and oxygen atoms in total. The van der Waals surface area contributed by atoms with Crippen LogP contribution in [-0.2, 0) is 16.0 Å². The number of aromatic nitrogens is 1. The Labute approximate surface area is 196 Å². The Morgan fingerprint density at radius 1 is 0.970 bits per heavy atom. The highest BCUT2D eigenvalue weighted by atomic mass is 35.5. The zero-order valence-electron chi connectivity index (χ0n) is 17.8. The third-order valence-corrected chi connectivity index (χ3v) is 5.69. The summed E-state index contributed by atoms with van der Waals surface area (Å²) < 4.78 is 13.6. The topological polar surface area (TPSA) is 65.2 Å². The van der Waals surface area contributed by atoms with E-state index in [1.807, 2.05) is 54.6 Å². The fraction of sp³-hybridized carbons (Fsp3) is 0.154. The van der Waals surface area contributed by atoms with Crippen molar-refractivity contribution in [1.29, 1.82) is 0 Å². The highest BCUT2D eigenvalue weighted by Crippen LogP contribution is 2.33. The van der Waals surface area contributed by atoms with E-state index in [1.165, 1.54) is 29.2 Å². The van der Waals surface area contributed by atoms with Gasteiger partial charge in [0, 0.05) is 34.9 Å². The molecule has 0 spiro atoms. The molecule has 0 saturated heterocycles. The second kappa shape index (κ2) is 10.3. The van der Waals surface area contributed by atoms with Crippen molar-refractivity contribution in [3.8, 4) is 0 Å². The molecule has 1 atom stereocenters. The first-order chi connectivity index (χ1) is 16.1. The Morgan fingerprint density at radius 2 is 1.67 bits per heavy atom. The number of para-hydroxylation sites is 1. The summed E-state index contributed by atoms with van der Waals surface area (Å²) in [7, 11) is 0. The van der Waals surface area contributed by atoms with Crippen molar-refractivity contribution >= 4 is 40.0 Å². The van der Waals surface area contributed by atoms with Crippen LogP contribution in [0.1, 0.15) is 17.2 Å². The average molecular weight is 464 g/mol. The third-order valence-electron chi connectivity index (χ3n) is 5.47. The largest absolute Gasteiger partial charge is 0.361 e. The van der Waals surface area contributed by atoms with E-state index < -0.39 is 17.8 Å². The van der Waals surface area contributed by atoms with E-state index in [1.54, 1.807) is 6.20 Å². The summed E-state index contributed by atoms with van der Waals surface area (Å²) in [6.07, 6.45) is 2.37. The Kier molecular flexibility index (Phi) is 7.05. The molecule has 3 aromatic carbocycles. The van der Waals surface area contributed by atoms with Gasteiger partial charge in [-0.05, 0) is 42.3 Å². The van der Waals surface area contributed by atoms with Gasteiger partial charge in [0.2, 0.25) is 11.8 Å². The number of carbonyl (C=O) groups excluding carboxylic acids is 2. The monoisotopic (exact) mass is 463 g/mol. The van der Waals surface area contributed by atoms with Crippen LogP contribution in [0.15, 0.2) is 85.1 Å². The Balaban J connectivity index is 1.71. The SMILES string of the molecule is O=C(NCCc1ccccc1)C(c1c[nH]c2ccccc12)N(C(=O)CCl)c1ccc(F)cc1. The van der Waals surface area contributed by atoms with Crippen LogP contribution >= 0.6 is 11.6 Å². The number of hydrogen-bond donors (Lipinski definition) is 2. The number of amides is 2. The smallest absolute Gasteiger partial charge is 0.247 e. The van der Waals surface area contributed by atoms with Gasteiger partial charge in [0.05, 0.1) is 0 Å². The Morgan fingerprint density at radius 3 is 2.39 bits per heavy atom. The van der Waals surface area contributed by atoms with E-state index in [4.69, 9.17) is 11.6 Å². The summed E-state index contributed by atoms with van der Waals surface area (Å²) >= 11 is 5.94. The Bertz CT molecular complexity index is 1240. The highest BCUT2D eigenvalue weighted by Gasteiger charge is 2.34. The molecule has 0 radical (unpaired) electrons. The second-order valence-electron chi connectivity index (χ2n) is 7.59. The summed E-state index contributed by atoms with van der Waals surface area (Å²) in [6.45, 7) is 0.397. The first-order valence-electron chi connectivity index (χ1n) is 10.6. The Hall–Kier alpha value is -3.64. The first-order valence-corrected chi connectivity index (χ1v) is 11.1. The number of benzene rings is 3. The minimum atomic E-state index is -0.992. The number of nitrogens with one attached hydrogen (secondary N) is 2. The number of rotatable bonds is 8. The van der Waals surface area contributed by atoms with Crippen molar-refractivity contribution < 1.29 is 14.0 Å². The van der Waals surface area contributed by atoms with Gasteiger partial charge in [0.1, 0.15) is 17.7 Å². The van der Waals surface area contributed by atoms with Gasteiger partial charge in [-0.25, -0.2) is 4.39 Å². The molecule has 7 heteroatoms. The summed E-state index contributed by atoms with van der Waals surface area (Å²) in [5.41, 5.74) is 2.95. The van der Waals surface area contributed by atoms with Crippen molar-refractivity contribution in [2.24, 2.45) is 0 Å². The molecule has 0 aliphatic carbocycles. The quantitative estimate of drug-likeness (QED) is 0.362. The number of H-pyrrole nitrogens is 1. The summed E-state index contributed by atoms with van der Waals surface area (Å²) in [5, 5.41) is 3.78. The highest BCUT2D eigenvalue weighted by molar-refractivity contribution is 6.30. The second-order valence-corrected chi connectivity index (χ2v) is 7.86. The van der Waals surface area contributed by atoms with Crippen molar-refractivity contribution in [3.63, 3.8) is 0 Å². The molecule has 0 fully saturated rings. The number of anilines is 1. The van der Waals surface area contributed by atoms with Crippen molar-refractivity contribution in [2.45, 2.75) is 12.5 Å². The molecule has 4 rings (SSSR count). The number of alkyl halides is 1. The van der Waals surface area contributed by atoms with E-state index in [9.17, 15) is 14.0 Å². The summed E-state index contributed by atoms with van der Waals surface area (Å²) in [6, 6.07) is 21.8. The molecular formula is C26H23ClFN3O2. The fourth-order valence-electron chi connectivity index (χ4n) is 3.89. The van der Waals surface area contributed by atoms with Gasteiger partial charge in [-0.2, -0.15) is 0 Å². The van der Waals surface area contributed by atoms with Gasteiger partial charge < -0.3 is 10.3 Å². The van der Waals surface area contributed by atoms with Gasteiger partial charge in [0.25, 0.3) is 0 Å². The van der Waals surface area contributed by atoms with E-state index in [0.29, 0.717) is 24.2 Å². The molecule has 4 aromatic rings. The zero-order chi connectivity index (χ0) is 23.2. The lowest BCUT2D eigenvalue weighted by Gasteiger charge is -2.30. The maximum Gasteiger partial charge on any atom is 0.247 e. The average Bonchev–Trinajstić information content (AvgIpc) is 3.27. The van der Waals surface area contributed by atoms with Gasteiger partial charge in [-0.3, -0.25) is 14.5 Å². The normalized spacial score (nSPS) is 11.8. The molecule has 1 aromatic heterocycles. The van der Waals surface area contributed by atoms with Crippen molar-refractivity contribution in [1.82, 2.24) is 10.3 Å². The van der Waals surface area contributed by atoms with Gasteiger partial charge in [0.15, 0.2) is 0 Å². The number of aromatic amines is 1. The lowest BCUT2D eigenvalue weighted by molar-refractivity contribution is -0.125. The molecular weight excluding hydrogens is 441 g/mol. The maximum absolute atomic E-state index is 13.6. The van der Waals surface area contributed by atoms with Crippen LogP contribution in [0.25, 0.3) is 10.9 Å². The maximum atomic E-state index is 13.6. The van der Waals surface area contributed by atoms with Crippen LogP contribution < -0.4 is 10.2 Å². The number of fused-ring (bicyclic) bond motifs is 1. The molecule has 168 valence electrons. The zero-order valence-corrected chi connectivity index (χ0v) is 18.6. The van der Waals surface area contributed by atoms with Gasteiger partial charge >= 0.3 is 0 Å². The molecule has 33 heavy (non-hydrogen) atoms. The van der Waals surface area contributed by atoms with Crippen LogP contribution in [0.3, 0.4) is 0 Å². The van der Waals surface area contributed by atoms with E-state index >= 15 is 0 Å². The summed E-state index contributed by atoms with van der Waals surface area (Å²) in [4.78, 5) is 31.0. The van der Waals surface area contributed by atoms with E-state index in [0.717, 1.165) is 16.5 Å². The minimum absolute atomic E-state index is 0.326. The van der Waals surface area contributed by atoms with Gasteiger partial charge in [-0.15, -0.1) is 11.6 Å². The van der Waals surface area contributed by atoms with E-state index in [2.05, 4.69) is 10.3 Å². The molecule has 0 aliphatic heterocycles. The van der Waals surface area contributed by atoms with Crippen LogP contribution in [0, 0.1) is 5.82 Å². The molecule has 2 N–H and O–H groups in total. The lowest BCUT2D eigenvalue weighted by atomic mass is 10.0. The first kappa shape index (κ1) is 22.6. The predicted molar refractivity (Wildman–Crippen MR) is 129 cm³/mol. The standard InChI is InChI=1S/C26H23ClFN3O2/c27-16-24(32)31(20-12-10-19(28)11-13-20)25(22-17-30-23-9-5-4-8-21(22)23)26(33)29-15-14-18-6-2-1-3-7-18/h1-13,17,25,30H,14-16H2,(H,29,33). The van der Waals surface area contributed by atoms with E-state index in [-0.39, 0.29) is 11.8 Å². The molecule has 2 amide bonds. The molecule has 0 aliphatic rings. The van der Waals surface area contributed by atoms with Crippen molar-refractivity contribution in [3.05, 3.63) is 102 Å². The molecule has 0 saturated carbocycles. The molecule has 0 bridgehead atoms. The van der Waals surface area contributed by atoms with Crippen molar-refractivity contribution in [2.75, 3.05) is 17.3 Å². The molecule has 1 heterocycles. The van der Waals surface area contributed by atoms with Crippen LogP contribution in [0.4, 0.5) is 10.1 Å². The van der Waals surface area contributed by atoms with Crippen LogP contribution in [0.5, 0.6) is 0 Å². The summed E-state index contributed by atoms with van der Waals surface area (Å²) in [5.74, 6) is -1.57. The van der Waals surface area contributed by atoms with Gasteiger partial charge in [-0.1, -0.05) is 48.5 Å². The molecule has 1 unspecified atom stereocenters. The van der Waals surface area contributed by atoms with Crippen LogP contribution in [0.2, 0.25) is 0 Å². The lowest BCUT2D eigenvalue weighted by Crippen LogP contribution is -2.45. The number of halogens is 2.